The SMILES string of the molecule is CC(C)(C)C1(C(C)(C)C)CC1.CC(C)(C)C12C3C4C1C1C2C3C41C(C)(C)C.CC(C)(C)C12C=CC(C(C)(C)C)(C=C1)C2.CC(C)(C)C12CC(C(C)(C)C)(C1)C2.CC(C)(C)C12CC(C(C)(C)C)(C1)C2(C)F.CC(C)(C)C12CCC(C(C)(C)C)(CC1)CC2.CC(C)(C)C1C2CC3(C(C)(C)C)CC1C23.CC(C)(C)C1CCC(C(C)(C)C)CC1. The third-order valence-corrected chi connectivity index (χ3v) is 44.5. The average molecular weight is 1590 g/mol. The molecule has 0 aromatic rings. The van der Waals surface area contributed by atoms with Crippen LogP contribution in [0.25, 0.3) is 0 Å². The van der Waals surface area contributed by atoms with Crippen molar-refractivity contribution in [1.82, 2.24) is 0 Å². The Labute approximate surface area is 720 Å². The summed E-state index contributed by atoms with van der Waals surface area (Å²) in [5, 5.41) is 0. The van der Waals surface area contributed by atoms with E-state index in [1.54, 1.807) is 12.8 Å². The molecule has 0 aromatic heterocycles. The summed E-state index contributed by atoms with van der Waals surface area (Å²) in [6, 6.07) is 0. The fourth-order valence-electron chi connectivity index (χ4n) is 34.8. The van der Waals surface area contributed by atoms with E-state index in [1.165, 1.54) is 138 Å². The minimum absolute atomic E-state index is 0.0483. The first kappa shape index (κ1) is 95.1. The molecule has 0 nitrogen and oxygen atoms in total. The van der Waals surface area contributed by atoms with Crippen molar-refractivity contribution in [2.45, 2.75) is 473 Å². The zero-order valence-corrected chi connectivity index (χ0v) is 87.3. The molecule has 22 aliphatic rings. The van der Waals surface area contributed by atoms with E-state index in [0.29, 0.717) is 103 Å². The predicted octanol–water partition coefficient (Wildman–Crippen LogP) is 35.7. The zero-order valence-electron chi connectivity index (χ0n) is 87.3. The van der Waals surface area contributed by atoms with Gasteiger partial charge in [-0.2, -0.15) is 0 Å². The van der Waals surface area contributed by atoms with Crippen molar-refractivity contribution in [2.24, 2.45) is 223 Å². The van der Waals surface area contributed by atoms with Crippen molar-refractivity contribution in [3.63, 3.8) is 0 Å². The van der Waals surface area contributed by atoms with Crippen LogP contribution in [-0.4, -0.2) is 5.67 Å². The Hall–Kier alpha value is -0.590. The molecule has 0 radical (unpaired) electrons. The second kappa shape index (κ2) is 26.3. The van der Waals surface area contributed by atoms with Crippen LogP contribution >= 0.6 is 0 Å². The van der Waals surface area contributed by atoms with Gasteiger partial charge in [0, 0.05) is 21.7 Å². The van der Waals surface area contributed by atoms with Crippen molar-refractivity contribution >= 4 is 0 Å². The normalized spacial score (nSPS) is 44.9. The lowest BCUT2D eigenvalue weighted by atomic mass is 8.89. The van der Waals surface area contributed by atoms with Gasteiger partial charge in [-0.25, -0.2) is 4.39 Å². The van der Waals surface area contributed by atoms with Gasteiger partial charge in [0.25, 0.3) is 0 Å². The van der Waals surface area contributed by atoms with Crippen molar-refractivity contribution in [3.8, 4) is 0 Å². The Morgan fingerprint density at radius 1 is 0.243 bits per heavy atom. The summed E-state index contributed by atoms with van der Waals surface area (Å²) in [5.74, 6) is 13.3. The predicted molar refractivity (Wildman–Crippen MR) is 502 cm³/mol. The van der Waals surface area contributed by atoms with E-state index in [2.05, 4.69) is 357 Å². The standard InChI is InChI=1S/C16H24.C16H30.C15H26.C15H24.C14H25F.C14H28.C13H24.C11H22/c1-13(2,3)15-7-10-8(15)12-9(15)11(7)16(10,12)14(4,5)6;1-13(2,3)15-7-10-16(11-8-15,12-9-15)14(4,5)6;1-13(2,3)11-9-7-15(14(4,5)6)8-10(11)12(9)15;1-12(2,3)14-7-9-15(11-14,10-8-14)13(4,5)6;1-10(2,3)13-8-14(9-13,11(4,5)6)12(13,7)15;1-13(2,3)11-7-9-12(10-8-11)14(4,5)6;1-10(2,3)12-7-13(8-12,9-12)11(4,5)6;1-9(2,3)11(7-8-11)10(4,5)6/h7-12H,1-6H3;7-12H2,1-6H3;9-12H,7-8H2,1-6H3;7-10H,11H2,1-6H3;8-9H2,1-7H3;11-12H,7-10H2,1-6H3;7-9H2,1-6H3;7-8H2,1-6H3. The molecule has 2 atom stereocenters. The molecular formula is C114H203F. The molecule has 0 aromatic carbocycles. The highest BCUT2D eigenvalue weighted by molar-refractivity contribution is 5.57. The number of fused-ring (bicyclic) bond motifs is 5. The van der Waals surface area contributed by atoms with Crippen LogP contribution in [0.1, 0.15) is 468 Å². The Balaban J connectivity index is 0.000000130. The average Bonchev–Trinajstić information content (AvgIpc) is 1.32. The van der Waals surface area contributed by atoms with E-state index in [-0.39, 0.29) is 21.7 Å². The molecule has 1 heteroatoms. The highest BCUT2D eigenvalue weighted by Gasteiger charge is 3.11. The number of hydrogen-bond acceptors (Lipinski definition) is 0. The van der Waals surface area contributed by atoms with Gasteiger partial charge in [-0.3, -0.25) is 0 Å². The first-order chi connectivity index (χ1) is 50.6. The van der Waals surface area contributed by atoms with Crippen molar-refractivity contribution in [3.05, 3.63) is 24.3 Å². The van der Waals surface area contributed by atoms with Crippen LogP contribution in [0.4, 0.5) is 4.39 Å². The van der Waals surface area contributed by atoms with Crippen LogP contribution in [0.3, 0.4) is 0 Å². The van der Waals surface area contributed by atoms with E-state index >= 15 is 0 Å². The number of hydrogen-bond donors (Lipinski definition) is 0. The summed E-state index contributed by atoms with van der Waals surface area (Å²) in [6.07, 6.45) is 38.4. The molecule has 115 heavy (non-hydrogen) atoms. The summed E-state index contributed by atoms with van der Waals surface area (Å²) in [4.78, 5) is 0. The monoisotopic (exact) mass is 1590 g/mol. The molecule has 0 heterocycles. The fraction of sp³-hybridized carbons (Fsp3) is 0.965. The molecule has 22 aliphatic carbocycles. The van der Waals surface area contributed by atoms with E-state index in [0.717, 1.165) is 75.4 Å². The van der Waals surface area contributed by atoms with Crippen LogP contribution < -0.4 is 0 Å². The van der Waals surface area contributed by atoms with E-state index in [4.69, 9.17) is 0 Å². The molecule has 0 aliphatic heterocycles. The van der Waals surface area contributed by atoms with Gasteiger partial charge in [-0.05, 0) is 336 Å². The summed E-state index contributed by atoms with van der Waals surface area (Å²) >= 11 is 0. The third-order valence-electron chi connectivity index (χ3n) is 44.5. The van der Waals surface area contributed by atoms with Crippen molar-refractivity contribution in [2.75, 3.05) is 0 Å². The first-order valence-corrected chi connectivity index (χ1v) is 49.7. The minimum atomic E-state index is -0.962. The Bertz CT molecular complexity index is 3250. The lowest BCUT2D eigenvalue weighted by Gasteiger charge is -3.15. The molecule has 0 spiro atoms. The highest BCUT2D eigenvalue weighted by Crippen LogP contribution is 3.14. The van der Waals surface area contributed by atoms with E-state index < -0.39 is 5.67 Å². The maximum absolute atomic E-state index is 15.0. The largest absolute Gasteiger partial charge is 0.243 e. The van der Waals surface area contributed by atoms with Gasteiger partial charge in [0.15, 0.2) is 0 Å². The first-order valence-electron chi connectivity index (χ1n) is 49.7. The zero-order chi connectivity index (χ0) is 88.4. The fourth-order valence-corrected chi connectivity index (χ4v) is 34.8. The molecule has 20 saturated carbocycles. The van der Waals surface area contributed by atoms with E-state index in [1.807, 2.05) is 6.92 Å². The molecule has 0 amide bonds. The molecule has 8 bridgehead atoms. The number of rotatable bonds is 0. The number of allylic oxidation sites excluding steroid dienone is 4. The smallest absolute Gasteiger partial charge is 0.120 e. The second-order valence-corrected chi connectivity index (χ2v) is 63.0. The van der Waals surface area contributed by atoms with Gasteiger partial charge in [-0.15, -0.1) is 0 Å². The highest BCUT2D eigenvalue weighted by atomic mass is 19.1. The van der Waals surface area contributed by atoms with Crippen LogP contribution in [0.5, 0.6) is 0 Å². The van der Waals surface area contributed by atoms with Crippen molar-refractivity contribution in [1.29, 1.82) is 0 Å². The molecule has 666 valence electrons. The number of halogens is 1. The maximum atomic E-state index is 15.0. The lowest BCUT2D eigenvalue weighted by molar-refractivity contribution is -0.690. The molecule has 0 saturated heterocycles. The Kier molecular flexibility index (Phi) is 21.7. The van der Waals surface area contributed by atoms with Gasteiger partial charge in [-0.1, -0.05) is 357 Å². The summed E-state index contributed by atoms with van der Waals surface area (Å²) < 4.78 is 15.0. The summed E-state index contributed by atoms with van der Waals surface area (Å²) in [7, 11) is 0. The minimum Gasteiger partial charge on any atom is -0.243 e. The van der Waals surface area contributed by atoms with Gasteiger partial charge in [0.1, 0.15) is 5.67 Å². The van der Waals surface area contributed by atoms with Crippen molar-refractivity contribution < 1.29 is 4.39 Å². The molecule has 22 rings (SSSR count). The van der Waals surface area contributed by atoms with Gasteiger partial charge < -0.3 is 0 Å². The summed E-state index contributed by atoms with van der Waals surface area (Å²) in [6.45, 7) is 117. The van der Waals surface area contributed by atoms with E-state index in [9.17, 15) is 4.39 Å². The molecule has 20 fully saturated rings. The maximum Gasteiger partial charge on any atom is 0.120 e. The van der Waals surface area contributed by atoms with Crippen LogP contribution in [0.15, 0.2) is 24.3 Å². The van der Waals surface area contributed by atoms with Crippen LogP contribution in [0.2, 0.25) is 0 Å². The van der Waals surface area contributed by atoms with Gasteiger partial charge >= 0.3 is 0 Å². The Morgan fingerprint density at radius 2 is 0.496 bits per heavy atom. The van der Waals surface area contributed by atoms with Gasteiger partial charge in [0.2, 0.25) is 0 Å². The quantitative estimate of drug-likeness (QED) is 0.212. The van der Waals surface area contributed by atoms with Crippen LogP contribution in [-0.2, 0) is 0 Å². The second-order valence-electron chi connectivity index (χ2n) is 63.0. The molecular weight excluding hydrogens is 1390 g/mol. The van der Waals surface area contributed by atoms with Crippen LogP contribution in [0, 0.1) is 223 Å². The van der Waals surface area contributed by atoms with Gasteiger partial charge in [0.05, 0.1) is 0 Å². The topological polar surface area (TPSA) is 0 Å². The Morgan fingerprint density at radius 3 is 0.635 bits per heavy atom. The molecule has 0 N–H and O–H groups in total. The number of alkyl halides is 1. The third kappa shape index (κ3) is 12.9. The molecule has 2 unspecified atom stereocenters. The summed E-state index contributed by atoms with van der Waals surface area (Å²) in [5.41, 5.74) is 12.8. The lowest BCUT2D eigenvalue weighted by Crippen LogP contribution is -3.12.